The number of aromatic nitrogens is 2. The molecule has 2 aromatic heterocycles. The van der Waals surface area contributed by atoms with Crippen LogP contribution in [0.3, 0.4) is 0 Å². The van der Waals surface area contributed by atoms with Crippen LogP contribution in [0.4, 0.5) is 4.39 Å². The molecule has 3 rings (SSSR count). The van der Waals surface area contributed by atoms with Gasteiger partial charge in [0.25, 0.3) is 0 Å². The highest BCUT2D eigenvalue weighted by atomic mass is 19.1. The Balaban J connectivity index is 2.26. The molecule has 4 heteroatoms. The normalized spacial score (nSPS) is 10.9. The number of benzene rings is 1. The van der Waals surface area contributed by atoms with Crippen molar-refractivity contribution in [3.63, 3.8) is 0 Å². The van der Waals surface area contributed by atoms with Gasteiger partial charge >= 0.3 is 0 Å². The van der Waals surface area contributed by atoms with E-state index in [1.165, 1.54) is 12.1 Å². The number of pyridine rings is 1. The number of hydrogen-bond acceptors (Lipinski definition) is 2. The van der Waals surface area contributed by atoms with Gasteiger partial charge in [0.2, 0.25) is 0 Å². The summed E-state index contributed by atoms with van der Waals surface area (Å²) in [6, 6.07) is 9.95. The molecule has 3 nitrogen and oxygen atoms in total. The Bertz CT molecular complexity index is 691. The monoisotopic (exact) mass is 228 g/mol. The van der Waals surface area contributed by atoms with Crippen LogP contribution in [0.5, 0.6) is 5.75 Å². The fraction of sp³-hybridized carbons (Fsp3) is 0. The van der Waals surface area contributed by atoms with Gasteiger partial charge in [0.1, 0.15) is 5.65 Å². The average Bonchev–Trinajstić information content (AvgIpc) is 2.80. The first-order chi connectivity index (χ1) is 8.25. The first-order valence-corrected chi connectivity index (χ1v) is 5.17. The van der Waals surface area contributed by atoms with E-state index < -0.39 is 5.82 Å². The third-order valence-electron chi connectivity index (χ3n) is 2.67. The Morgan fingerprint density at radius 1 is 1.18 bits per heavy atom. The molecule has 0 fully saturated rings. The first-order valence-electron chi connectivity index (χ1n) is 5.17. The molecule has 0 spiro atoms. The zero-order valence-electron chi connectivity index (χ0n) is 8.84. The smallest absolute Gasteiger partial charge is 0.165 e. The highest BCUT2D eigenvalue weighted by molar-refractivity contribution is 5.64. The lowest BCUT2D eigenvalue weighted by Gasteiger charge is -2.06. The molecule has 84 valence electrons. The van der Waals surface area contributed by atoms with Crippen molar-refractivity contribution >= 4 is 5.65 Å². The van der Waals surface area contributed by atoms with E-state index in [4.69, 9.17) is 5.11 Å². The standard InChI is InChI=1S/C13H9FN2O/c14-10-8-9(4-5-12(10)17)11-2-1-3-13-15-6-7-16(11)13/h1-8,17H. The Morgan fingerprint density at radius 3 is 2.88 bits per heavy atom. The summed E-state index contributed by atoms with van der Waals surface area (Å²) >= 11 is 0. The topological polar surface area (TPSA) is 37.5 Å². The van der Waals surface area contributed by atoms with Crippen molar-refractivity contribution in [3.8, 4) is 17.0 Å². The molecule has 0 amide bonds. The predicted octanol–water partition coefficient (Wildman–Crippen LogP) is 2.85. The van der Waals surface area contributed by atoms with Gasteiger partial charge in [-0.05, 0) is 30.3 Å². The summed E-state index contributed by atoms with van der Waals surface area (Å²) in [7, 11) is 0. The summed E-state index contributed by atoms with van der Waals surface area (Å²) in [5.41, 5.74) is 2.33. The molecule has 2 heterocycles. The highest BCUT2D eigenvalue weighted by Crippen LogP contribution is 2.25. The van der Waals surface area contributed by atoms with Crippen LogP contribution in [0.2, 0.25) is 0 Å². The minimum atomic E-state index is -0.625. The van der Waals surface area contributed by atoms with E-state index in [0.29, 0.717) is 5.56 Å². The molecule has 0 saturated heterocycles. The van der Waals surface area contributed by atoms with Gasteiger partial charge in [-0.15, -0.1) is 0 Å². The number of hydrogen-bond donors (Lipinski definition) is 1. The van der Waals surface area contributed by atoms with Gasteiger partial charge in [-0.2, -0.15) is 0 Å². The van der Waals surface area contributed by atoms with Crippen molar-refractivity contribution in [1.29, 1.82) is 0 Å². The van der Waals surface area contributed by atoms with Crippen molar-refractivity contribution in [2.24, 2.45) is 0 Å². The van der Waals surface area contributed by atoms with E-state index in [2.05, 4.69) is 4.98 Å². The number of phenolic OH excluding ortho intramolecular Hbond substituents is 1. The molecule has 0 atom stereocenters. The lowest BCUT2D eigenvalue weighted by molar-refractivity contribution is 0.432. The van der Waals surface area contributed by atoms with Crippen molar-refractivity contribution in [3.05, 3.63) is 54.6 Å². The van der Waals surface area contributed by atoms with Crippen LogP contribution in [-0.2, 0) is 0 Å². The third kappa shape index (κ3) is 1.54. The van der Waals surface area contributed by atoms with Crippen molar-refractivity contribution in [2.45, 2.75) is 0 Å². The van der Waals surface area contributed by atoms with Crippen LogP contribution >= 0.6 is 0 Å². The van der Waals surface area contributed by atoms with Crippen LogP contribution in [-0.4, -0.2) is 14.5 Å². The van der Waals surface area contributed by atoms with Crippen LogP contribution < -0.4 is 0 Å². The molecule has 0 aliphatic rings. The van der Waals surface area contributed by atoms with Gasteiger partial charge in [0.15, 0.2) is 11.6 Å². The number of halogens is 1. The molecule has 1 aromatic carbocycles. The molecular formula is C13H9FN2O. The third-order valence-corrected chi connectivity index (χ3v) is 2.67. The van der Waals surface area contributed by atoms with E-state index in [-0.39, 0.29) is 5.75 Å². The SMILES string of the molecule is Oc1ccc(-c2cccc3nccn23)cc1F. The Kier molecular flexibility index (Phi) is 2.08. The Morgan fingerprint density at radius 2 is 2.06 bits per heavy atom. The zero-order chi connectivity index (χ0) is 11.8. The summed E-state index contributed by atoms with van der Waals surface area (Å²) in [5, 5.41) is 9.17. The second-order valence-electron chi connectivity index (χ2n) is 3.73. The number of nitrogens with zero attached hydrogens (tertiary/aromatic N) is 2. The largest absolute Gasteiger partial charge is 0.505 e. The van der Waals surface area contributed by atoms with Gasteiger partial charge < -0.3 is 5.11 Å². The van der Waals surface area contributed by atoms with Crippen LogP contribution in [0.1, 0.15) is 0 Å². The van der Waals surface area contributed by atoms with Crippen LogP contribution in [0.25, 0.3) is 16.9 Å². The van der Waals surface area contributed by atoms with E-state index in [1.807, 2.05) is 28.8 Å². The fourth-order valence-corrected chi connectivity index (χ4v) is 1.85. The van der Waals surface area contributed by atoms with Crippen molar-refractivity contribution in [2.75, 3.05) is 0 Å². The molecule has 0 bridgehead atoms. The van der Waals surface area contributed by atoms with Gasteiger partial charge in [-0.1, -0.05) is 6.07 Å². The molecule has 1 N–H and O–H groups in total. The summed E-state index contributed by atoms with van der Waals surface area (Å²) in [4.78, 5) is 4.16. The van der Waals surface area contributed by atoms with E-state index in [1.54, 1.807) is 12.3 Å². The van der Waals surface area contributed by atoms with E-state index in [0.717, 1.165) is 11.3 Å². The zero-order valence-corrected chi connectivity index (χ0v) is 8.84. The number of imidazole rings is 1. The van der Waals surface area contributed by atoms with Crippen molar-refractivity contribution < 1.29 is 9.50 Å². The number of aromatic hydroxyl groups is 1. The maximum Gasteiger partial charge on any atom is 0.165 e. The van der Waals surface area contributed by atoms with Crippen LogP contribution in [0, 0.1) is 5.82 Å². The fourth-order valence-electron chi connectivity index (χ4n) is 1.85. The summed E-state index contributed by atoms with van der Waals surface area (Å²) in [6.45, 7) is 0. The first kappa shape index (κ1) is 9.84. The lowest BCUT2D eigenvalue weighted by Crippen LogP contribution is -1.90. The molecule has 3 aromatic rings. The number of rotatable bonds is 1. The maximum atomic E-state index is 13.3. The van der Waals surface area contributed by atoms with Crippen molar-refractivity contribution in [1.82, 2.24) is 9.38 Å². The van der Waals surface area contributed by atoms with Gasteiger partial charge in [0.05, 0.1) is 5.69 Å². The average molecular weight is 228 g/mol. The Hall–Kier alpha value is -2.36. The molecule has 0 aliphatic heterocycles. The molecule has 0 radical (unpaired) electrons. The number of fused-ring (bicyclic) bond motifs is 1. The van der Waals surface area contributed by atoms with E-state index >= 15 is 0 Å². The molecule has 0 aliphatic carbocycles. The second-order valence-corrected chi connectivity index (χ2v) is 3.73. The predicted molar refractivity (Wildman–Crippen MR) is 62.3 cm³/mol. The highest BCUT2D eigenvalue weighted by Gasteiger charge is 2.06. The van der Waals surface area contributed by atoms with E-state index in [9.17, 15) is 4.39 Å². The lowest BCUT2D eigenvalue weighted by atomic mass is 10.1. The van der Waals surface area contributed by atoms with Gasteiger partial charge in [-0.3, -0.25) is 4.40 Å². The summed E-state index contributed by atoms with van der Waals surface area (Å²) in [5.74, 6) is -0.967. The maximum absolute atomic E-state index is 13.3. The van der Waals surface area contributed by atoms with Gasteiger partial charge in [0, 0.05) is 18.0 Å². The second kappa shape index (κ2) is 3.59. The summed E-state index contributed by atoms with van der Waals surface area (Å²) in [6.07, 6.45) is 3.50. The molecule has 0 saturated carbocycles. The quantitative estimate of drug-likeness (QED) is 0.695. The molecule has 17 heavy (non-hydrogen) atoms. The Labute approximate surface area is 96.8 Å². The molecular weight excluding hydrogens is 219 g/mol. The number of phenols is 1. The van der Waals surface area contributed by atoms with Gasteiger partial charge in [-0.25, -0.2) is 9.37 Å². The minimum absolute atomic E-state index is 0.341. The molecule has 0 unspecified atom stereocenters. The van der Waals surface area contributed by atoms with Crippen LogP contribution in [0.15, 0.2) is 48.8 Å². The minimum Gasteiger partial charge on any atom is -0.505 e. The summed E-state index contributed by atoms with van der Waals surface area (Å²) < 4.78 is 15.2.